The number of nitrogens with zero attached hydrogens (tertiary/aromatic N) is 3. The zero-order valence-corrected chi connectivity index (χ0v) is 17.4. The van der Waals surface area contributed by atoms with E-state index in [2.05, 4.69) is 21.9 Å². The standard InChI is InChI=1S/C23H26ClN3O2/c1-29-22-5-2-4-21-20(22)10-11-23(28)27(21)13-3-12-25-14-16-26(17-15-25)19-8-6-18(24)7-9-19/h2,4-11H,3,12-17H2,1H3. The predicted octanol–water partition coefficient (Wildman–Crippen LogP) is 3.88. The summed E-state index contributed by atoms with van der Waals surface area (Å²) in [5, 5.41) is 1.75. The third-order valence-electron chi connectivity index (χ3n) is 5.63. The van der Waals surface area contributed by atoms with Gasteiger partial charge >= 0.3 is 0 Å². The van der Waals surface area contributed by atoms with Crippen LogP contribution in [-0.4, -0.2) is 49.3 Å². The van der Waals surface area contributed by atoms with E-state index in [-0.39, 0.29) is 5.56 Å². The summed E-state index contributed by atoms with van der Waals surface area (Å²) in [6, 6.07) is 17.4. The van der Waals surface area contributed by atoms with Crippen molar-refractivity contribution in [1.29, 1.82) is 0 Å². The third-order valence-corrected chi connectivity index (χ3v) is 5.88. The van der Waals surface area contributed by atoms with Crippen molar-refractivity contribution in [2.45, 2.75) is 13.0 Å². The fraction of sp³-hybridized carbons (Fsp3) is 0.348. The molecule has 152 valence electrons. The Bertz CT molecular complexity index is 1020. The van der Waals surface area contributed by atoms with Crippen LogP contribution in [0.25, 0.3) is 10.9 Å². The van der Waals surface area contributed by atoms with E-state index in [1.807, 2.05) is 41.0 Å². The maximum atomic E-state index is 12.4. The molecule has 0 atom stereocenters. The molecule has 0 spiro atoms. The first-order valence-electron chi connectivity index (χ1n) is 10.0. The number of halogens is 1. The Morgan fingerprint density at radius 1 is 0.931 bits per heavy atom. The molecular weight excluding hydrogens is 386 g/mol. The lowest BCUT2D eigenvalue weighted by atomic mass is 10.2. The van der Waals surface area contributed by atoms with Gasteiger partial charge in [-0.2, -0.15) is 0 Å². The highest BCUT2D eigenvalue weighted by molar-refractivity contribution is 6.30. The second kappa shape index (κ2) is 8.89. The van der Waals surface area contributed by atoms with Gasteiger partial charge in [0.1, 0.15) is 5.75 Å². The minimum absolute atomic E-state index is 0.0401. The molecule has 3 aromatic rings. The molecule has 0 saturated carbocycles. The normalized spacial score (nSPS) is 15.0. The molecule has 29 heavy (non-hydrogen) atoms. The van der Waals surface area contributed by atoms with Gasteiger partial charge in [0.25, 0.3) is 5.56 Å². The number of aromatic nitrogens is 1. The molecule has 1 aliphatic rings. The largest absolute Gasteiger partial charge is 0.496 e. The predicted molar refractivity (Wildman–Crippen MR) is 119 cm³/mol. The molecule has 0 amide bonds. The van der Waals surface area contributed by atoms with Crippen molar-refractivity contribution in [3.05, 3.63) is 70.0 Å². The minimum Gasteiger partial charge on any atom is -0.496 e. The fourth-order valence-corrected chi connectivity index (χ4v) is 4.17. The second-order valence-electron chi connectivity index (χ2n) is 7.37. The van der Waals surface area contributed by atoms with E-state index in [1.165, 1.54) is 5.69 Å². The number of fused-ring (bicyclic) bond motifs is 1. The van der Waals surface area contributed by atoms with Gasteiger partial charge in [-0.25, -0.2) is 0 Å². The average molecular weight is 412 g/mol. The highest BCUT2D eigenvalue weighted by atomic mass is 35.5. The summed E-state index contributed by atoms with van der Waals surface area (Å²) in [6.45, 7) is 5.77. The molecule has 1 aliphatic heterocycles. The Morgan fingerprint density at radius 2 is 1.69 bits per heavy atom. The van der Waals surface area contributed by atoms with Crippen LogP contribution in [0.3, 0.4) is 0 Å². The van der Waals surface area contributed by atoms with Gasteiger partial charge < -0.3 is 14.2 Å². The molecule has 2 aromatic carbocycles. The van der Waals surface area contributed by atoms with E-state index < -0.39 is 0 Å². The molecule has 1 aromatic heterocycles. The maximum Gasteiger partial charge on any atom is 0.251 e. The molecule has 5 nitrogen and oxygen atoms in total. The monoisotopic (exact) mass is 411 g/mol. The van der Waals surface area contributed by atoms with Gasteiger partial charge in [0, 0.05) is 54.9 Å². The Balaban J connectivity index is 1.35. The van der Waals surface area contributed by atoms with Crippen molar-refractivity contribution in [2.24, 2.45) is 0 Å². The number of anilines is 1. The van der Waals surface area contributed by atoms with Crippen molar-refractivity contribution in [3.63, 3.8) is 0 Å². The first-order valence-corrected chi connectivity index (χ1v) is 10.4. The molecule has 2 heterocycles. The number of hydrogen-bond acceptors (Lipinski definition) is 4. The Kier molecular flexibility index (Phi) is 6.07. The van der Waals surface area contributed by atoms with Gasteiger partial charge in [-0.3, -0.25) is 9.69 Å². The highest BCUT2D eigenvalue weighted by Gasteiger charge is 2.17. The van der Waals surface area contributed by atoms with Gasteiger partial charge in [-0.05, 0) is 55.4 Å². The van der Waals surface area contributed by atoms with Crippen LogP contribution in [0.1, 0.15) is 6.42 Å². The average Bonchev–Trinajstić information content (AvgIpc) is 2.76. The van der Waals surface area contributed by atoms with E-state index in [1.54, 1.807) is 13.2 Å². The molecule has 0 bridgehead atoms. The van der Waals surface area contributed by atoms with Crippen molar-refractivity contribution in [2.75, 3.05) is 44.7 Å². The van der Waals surface area contributed by atoms with E-state index >= 15 is 0 Å². The molecule has 1 saturated heterocycles. The van der Waals surface area contributed by atoms with Crippen LogP contribution in [0.5, 0.6) is 5.75 Å². The van der Waals surface area contributed by atoms with Gasteiger partial charge in [-0.15, -0.1) is 0 Å². The molecular formula is C23H26ClN3O2. The van der Waals surface area contributed by atoms with E-state index in [4.69, 9.17) is 16.3 Å². The third kappa shape index (κ3) is 4.41. The molecule has 0 radical (unpaired) electrons. The number of hydrogen-bond donors (Lipinski definition) is 0. The van der Waals surface area contributed by atoms with E-state index in [9.17, 15) is 4.79 Å². The van der Waals surface area contributed by atoms with Gasteiger partial charge in [0.05, 0.1) is 12.6 Å². The summed E-state index contributed by atoms with van der Waals surface area (Å²) in [6.07, 6.45) is 0.942. The van der Waals surface area contributed by atoms with E-state index in [0.29, 0.717) is 6.54 Å². The maximum absolute atomic E-state index is 12.4. The number of pyridine rings is 1. The SMILES string of the molecule is COc1cccc2c1ccc(=O)n2CCCN1CCN(c2ccc(Cl)cc2)CC1. The van der Waals surface area contributed by atoms with Crippen LogP contribution in [0, 0.1) is 0 Å². The number of methoxy groups -OCH3 is 1. The Labute approximate surface area is 176 Å². The van der Waals surface area contributed by atoms with Crippen molar-refractivity contribution >= 4 is 28.2 Å². The number of rotatable bonds is 6. The van der Waals surface area contributed by atoms with Crippen LogP contribution in [-0.2, 0) is 6.54 Å². The quantitative estimate of drug-likeness (QED) is 0.617. The number of aryl methyl sites for hydroxylation is 1. The first kappa shape index (κ1) is 19.8. The lowest BCUT2D eigenvalue weighted by Crippen LogP contribution is -2.46. The Hall–Kier alpha value is -2.50. The number of benzene rings is 2. The molecule has 0 aliphatic carbocycles. The van der Waals surface area contributed by atoms with Crippen molar-refractivity contribution < 1.29 is 4.74 Å². The minimum atomic E-state index is 0.0401. The summed E-state index contributed by atoms with van der Waals surface area (Å²) in [4.78, 5) is 17.3. The summed E-state index contributed by atoms with van der Waals surface area (Å²) in [7, 11) is 1.66. The number of piperazine rings is 1. The van der Waals surface area contributed by atoms with Gasteiger partial charge in [0.2, 0.25) is 0 Å². The van der Waals surface area contributed by atoms with E-state index in [0.717, 1.165) is 60.8 Å². The Morgan fingerprint density at radius 3 is 2.41 bits per heavy atom. The topological polar surface area (TPSA) is 37.7 Å². The summed E-state index contributed by atoms with van der Waals surface area (Å²) in [5.41, 5.74) is 2.20. The number of ether oxygens (including phenoxy) is 1. The lowest BCUT2D eigenvalue weighted by molar-refractivity contribution is 0.250. The summed E-state index contributed by atoms with van der Waals surface area (Å²) >= 11 is 5.99. The van der Waals surface area contributed by atoms with Crippen LogP contribution < -0.4 is 15.2 Å². The summed E-state index contributed by atoms with van der Waals surface area (Å²) in [5.74, 6) is 0.801. The molecule has 4 rings (SSSR count). The zero-order chi connectivity index (χ0) is 20.2. The molecule has 0 unspecified atom stereocenters. The van der Waals surface area contributed by atoms with Crippen molar-refractivity contribution in [1.82, 2.24) is 9.47 Å². The zero-order valence-electron chi connectivity index (χ0n) is 16.7. The second-order valence-corrected chi connectivity index (χ2v) is 7.81. The lowest BCUT2D eigenvalue weighted by Gasteiger charge is -2.36. The molecule has 6 heteroatoms. The summed E-state index contributed by atoms with van der Waals surface area (Å²) < 4.78 is 7.30. The first-order chi connectivity index (χ1) is 14.2. The fourth-order valence-electron chi connectivity index (χ4n) is 4.04. The van der Waals surface area contributed by atoms with Crippen LogP contribution in [0.15, 0.2) is 59.4 Å². The van der Waals surface area contributed by atoms with Crippen LogP contribution in [0.2, 0.25) is 5.02 Å². The molecule has 0 N–H and O–H groups in total. The highest BCUT2D eigenvalue weighted by Crippen LogP contribution is 2.24. The van der Waals surface area contributed by atoms with Gasteiger partial charge in [0.15, 0.2) is 0 Å². The molecule has 1 fully saturated rings. The van der Waals surface area contributed by atoms with Crippen molar-refractivity contribution in [3.8, 4) is 5.75 Å². The van der Waals surface area contributed by atoms with Crippen LogP contribution >= 0.6 is 11.6 Å². The van der Waals surface area contributed by atoms with Gasteiger partial charge in [-0.1, -0.05) is 17.7 Å². The smallest absolute Gasteiger partial charge is 0.251 e. The van der Waals surface area contributed by atoms with Crippen LogP contribution in [0.4, 0.5) is 5.69 Å².